The molecule has 5 nitrogen and oxygen atoms in total. The Balaban J connectivity index is 2.04. The van der Waals surface area contributed by atoms with E-state index < -0.39 is 11.8 Å². The largest absolute Gasteiger partial charge is 0.429 e. The van der Waals surface area contributed by atoms with Crippen LogP contribution < -0.4 is 10.5 Å². The number of benzene rings is 2. The number of carbonyl (C=O) groups excluding carboxylic acids is 1. The average Bonchev–Trinajstić information content (AvgIpc) is 2.74. The number of hydrogen-bond acceptors (Lipinski definition) is 4. The highest BCUT2D eigenvalue weighted by molar-refractivity contribution is 6.31. The number of halogens is 1. The molecule has 0 atom stereocenters. The second kappa shape index (κ2) is 4.86. The number of aromatic nitrogens is 1. The zero-order chi connectivity index (χ0) is 14.1. The van der Waals surface area contributed by atoms with Crippen molar-refractivity contribution in [2.24, 2.45) is 0 Å². The van der Waals surface area contributed by atoms with Crippen molar-refractivity contribution in [3.05, 3.63) is 64.1 Å². The molecule has 1 heterocycles. The lowest BCUT2D eigenvalue weighted by Crippen LogP contribution is -2.26. The van der Waals surface area contributed by atoms with Gasteiger partial charge < -0.3 is 9.15 Å². The maximum atomic E-state index is 12.0. The van der Waals surface area contributed by atoms with E-state index in [2.05, 4.69) is 0 Å². The number of para-hydroxylation sites is 1. The summed E-state index contributed by atoms with van der Waals surface area (Å²) in [7, 11) is 0. The first-order chi connectivity index (χ1) is 9.65. The van der Waals surface area contributed by atoms with Crippen molar-refractivity contribution in [2.75, 3.05) is 0 Å². The molecule has 0 spiro atoms. The van der Waals surface area contributed by atoms with Crippen LogP contribution in [0.2, 0.25) is 5.02 Å². The van der Waals surface area contributed by atoms with Gasteiger partial charge in [-0.25, -0.2) is 9.59 Å². The Morgan fingerprint density at radius 2 is 1.90 bits per heavy atom. The highest BCUT2D eigenvalue weighted by Crippen LogP contribution is 2.19. The molecule has 0 bridgehead atoms. The molecule has 6 heteroatoms. The van der Waals surface area contributed by atoms with Crippen molar-refractivity contribution in [3.63, 3.8) is 0 Å². The minimum absolute atomic E-state index is 0.229. The highest BCUT2D eigenvalue weighted by Gasteiger charge is 2.18. The summed E-state index contributed by atoms with van der Waals surface area (Å²) < 4.78 is 10.9. The minimum Gasteiger partial charge on any atom is -0.410 e. The van der Waals surface area contributed by atoms with Crippen molar-refractivity contribution < 1.29 is 13.9 Å². The Bertz CT molecular complexity index is 835. The smallest absolute Gasteiger partial charge is 0.410 e. The third kappa shape index (κ3) is 2.19. The van der Waals surface area contributed by atoms with E-state index in [1.807, 2.05) is 0 Å². The predicted octanol–water partition coefficient (Wildman–Crippen LogP) is 3.30. The van der Waals surface area contributed by atoms with Crippen LogP contribution >= 0.6 is 11.6 Å². The molecule has 0 N–H and O–H groups in total. The molecule has 2 aromatic carbocycles. The fourth-order valence-electron chi connectivity index (χ4n) is 1.80. The molecule has 100 valence electrons. The van der Waals surface area contributed by atoms with Gasteiger partial charge in [0.1, 0.15) is 11.3 Å². The van der Waals surface area contributed by atoms with Crippen molar-refractivity contribution in [3.8, 4) is 5.75 Å². The molecule has 0 radical (unpaired) electrons. The fraction of sp³-hybridized carbons (Fsp3) is 0. The van der Waals surface area contributed by atoms with E-state index in [0.717, 1.165) is 4.57 Å². The zero-order valence-corrected chi connectivity index (χ0v) is 10.8. The second-order valence-electron chi connectivity index (χ2n) is 4.00. The lowest BCUT2D eigenvalue weighted by Gasteiger charge is -2.03. The summed E-state index contributed by atoms with van der Waals surface area (Å²) in [5, 5.41) is 0.412. The van der Waals surface area contributed by atoms with Crippen LogP contribution in [0.3, 0.4) is 0 Å². The average molecular weight is 290 g/mol. The van der Waals surface area contributed by atoms with Gasteiger partial charge in [-0.05, 0) is 24.3 Å². The summed E-state index contributed by atoms with van der Waals surface area (Å²) in [4.78, 5) is 23.8. The minimum atomic E-state index is -0.831. The molecular formula is C14H8ClNO4. The molecule has 3 rings (SSSR count). The summed E-state index contributed by atoms with van der Waals surface area (Å²) in [6.45, 7) is 0. The van der Waals surface area contributed by atoms with E-state index >= 15 is 0 Å². The van der Waals surface area contributed by atoms with Crippen molar-refractivity contribution in [1.29, 1.82) is 0 Å². The van der Waals surface area contributed by atoms with E-state index in [9.17, 15) is 9.59 Å². The predicted molar refractivity (Wildman–Crippen MR) is 73.3 cm³/mol. The van der Waals surface area contributed by atoms with E-state index in [-0.39, 0.29) is 5.58 Å². The fourth-order valence-corrected chi connectivity index (χ4v) is 1.96. The lowest BCUT2D eigenvalue weighted by atomic mass is 10.3. The molecule has 0 aliphatic heterocycles. The third-order valence-corrected chi connectivity index (χ3v) is 2.91. The number of nitrogens with zero attached hydrogens (tertiary/aromatic N) is 1. The quantitative estimate of drug-likeness (QED) is 0.689. The lowest BCUT2D eigenvalue weighted by molar-refractivity contribution is 0.201. The van der Waals surface area contributed by atoms with Gasteiger partial charge in [0, 0.05) is 11.1 Å². The number of ether oxygens (including phenoxy) is 1. The summed E-state index contributed by atoms with van der Waals surface area (Å²) >= 11 is 5.80. The van der Waals surface area contributed by atoms with Gasteiger partial charge in [-0.2, -0.15) is 4.57 Å². The molecule has 0 aliphatic rings. The molecule has 0 aliphatic carbocycles. The maximum absolute atomic E-state index is 12.0. The van der Waals surface area contributed by atoms with Crippen molar-refractivity contribution >= 4 is 28.8 Å². The van der Waals surface area contributed by atoms with E-state index in [4.69, 9.17) is 20.8 Å². The molecule has 0 unspecified atom stereocenters. The van der Waals surface area contributed by atoms with E-state index in [0.29, 0.717) is 16.3 Å². The van der Waals surface area contributed by atoms with Crippen LogP contribution in [0.25, 0.3) is 11.1 Å². The van der Waals surface area contributed by atoms with Crippen LogP contribution in [0.1, 0.15) is 0 Å². The van der Waals surface area contributed by atoms with Crippen LogP contribution in [-0.2, 0) is 0 Å². The molecular weight excluding hydrogens is 282 g/mol. The Hall–Kier alpha value is -2.53. The molecule has 1 aromatic heterocycles. The number of rotatable bonds is 1. The Morgan fingerprint density at radius 1 is 1.15 bits per heavy atom. The normalized spacial score (nSPS) is 10.7. The third-order valence-electron chi connectivity index (χ3n) is 2.67. The topological polar surface area (TPSA) is 61.4 Å². The van der Waals surface area contributed by atoms with Crippen LogP contribution in [0.5, 0.6) is 5.75 Å². The summed E-state index contributed by atoms with van der Waals surface area (Å²) in [6.07, 6.45) is -0.831. The maximum Gasteiger partial charge on any atom is 0.429 e. The molecule has 0 saturated heterocycles. The van der Waals surface area contributed by atoms with Gasteiger partial charge in [0.2, 0.25) is 0 Å². The monoisotopic (exact) mass is 289 g/mol. The second-order valence-corrected chi connectivity index (χ2v) is 4.43. The number of carbonyl (C=O) groups is 1. The van der Waals surface area contributed by atoms with Gasteiger partial charge in [0.05, 0.1) is 0 Å². The van der Waals surface area contributed by atoms with Crippen LogP contribution in [0.4, 0.5) is 4.79 Å². The van der Waals surface area contributed by atoms with Gasteiger partial charge in [0.15, 0.2) is 5.58 Å². The molecule has 3 aromatic rings. The Morgan fingerprint density at radius 3 is 2.65 bits per heavy atom. The van der Waals surface area contributed by atoms with E-state index in [1.165, 1.54) is 12.1 Å². The van der Waals surface area contributed by atoms with Crippen LogP contribution in [0.15, 0.2) is 57.7 Å². The van der Waals surface area contributed by atoms with Gasteiger partial charge in [0.25, 0.3) is 0 Å². The first kappa shape index (κ1) is 12.5. The van der Waals surface area contributed by atoms with Gasteiger partial charge in [-0.15, -0.1) is 0 Å². The summed E-state index contributed by atoms with van der Waals surface area (Å²) in [6, 6.07) is 13.0. The Kier molecular flexibility index (Phi) is 3.04. The van der Waals surface area contributed by atoms with Crippen LogP contribution in [-0.4, -0.2) is 10.7 Å². The highest BCUT2D eigenvalue weighted by atomic mass is 35.5. The molecule has 0 fully saturated rings. The molecule has 0 amide bonds. The van der Waals surface area contributed by atoms with Crippen LogP contribution in [0, 0.1) is 0 Å². The number of hydrogen-bond donors (Lipinski definition) is 0. The zero-order valence-electron chi connectivity index (χ0n) is 10.1. The summed E-state index contributed by atoms with van der Waals surface area (Å²) in [5.74, 6) is -0.476. The van der Waals surface area contributed by atoms with Gasteiger partial charge in [-0.1, -0.05) is 29.8 Å². The summed E-state index contributed by atoms with van der Waals surface area (Å²) in [5.41, 5.74) is 0.535. The van der Waals surface area contributed by atoms with E-state index in [1.54, 1.807) is 36.4 Å². The Labute approximate surface area is 117 Å². The first-order valence-electron chi connectivity index (χ1n) is 5.73. The standard InChI is InChI=1S/C14H8ClNO4/c15-9-6-7-11-12(8-9)20-14(18)16(11)13(17)19-10-4-2-1-3-5-10/h1-8H. The molecule has 20 heavy (non-hydrogen) atoms. The van der Waals surface area contributed by atoms with Crippen molar-refractivity contribution in [1.82, 2.24) is 4.57 Å². The van der Waals surface area contributed by atoms with Gasteiger partial charge >= 0.3 is 11.8 Å². The SMILES string of the molecule is O=C(Oc1ccccc1)n1c(=O)oc2cc(Cl)ccc21. The number of fused-ring (bicyclic) bond motifs is 1. The van der Waals surface area contributed by atoms with Crippen molar-refractivity contribution in [2.45, 2.75) is 0 Å². The van der Waals surface area contributed by atoms with Gasteiger partial charge in [-0.3, -0.25) is 0 Å². The first-order valence-corrected chi connectivity index (χ1v) is 6.11. The number of oxazole rings is 1. The molecule has 0 saturated carbocycles.